The number of rotatable bonds is 6. The van der Waals surface area contributed by atoms with E-state index >= 15 is 0 Å². The lowest BCUT2D eigenvalue weighted by atomic mass is 10.1. The van der Waals surface area contributed by atoms with Gasteiger partial charge in [-0.1, -0.05) is 30.3 Å². The molecule has 0 bridgehead atoms. The lowest BCUT2D eigenvalue weighted by Crippen LogP contribution is -2.37. The van der Waals surface area contributed by atoms with Crippen molar-refractivity contribution in [3.63, 3.8) is 0 Å². The van der Waals surface area contributed by atoms with Crippen LogP contribution in [0.15, 0.2) is 54.6 Å². The van der Waals surface area contributed by atoms with Crippen LogP contribution in [0.1, 0.15) is 11.3 Å². The zero-order chi connectivity index (χ0) is 21.8. The van der Waals surface area contributed by atoms with E-state index in [9.17, 15) is 10.1 Å². The van der Waals surface area contributed by atoms with E-state index in [4.69, 9.17) is 9.72 Å². The number of ether oxygens (including phenoxy) is 1. The number of hydrogen-bond acceptors (Lipinski definition) is 7. The van der Waals surface area contributed by atoms with E-state index in [0.717, 1.165) is 37.8 Å². The molecule has 160 valence electrons. The van der Waals surface area contributed by atoms with Gasteiger partial charge in [0.2, 0.25) is 0 Å². The van der Waals surface area contributed by atoms with Gasteiger partial charge in [0, 0.05) is 61.8 Å². The van der Waals surface area contributed by atoms with Crippen molar-refractivity contribution in [3.8, 4) is 11.4 Å². The van der Waals surface area contributed by atoms with Crippen LogP contribution in [-0.4, -0.2) is 48.2 Å². The Hall–Kier alpha value is -3.52. The number of benzene rings is 2. The maximum atomic E-state index is 11.1. The van der Waals surface area contributed by atoms with Crippen molar-refractivity contribution in [3.05, 3.63) is 76.0 Å². The van der Waals surface area contributed by atoms with Gasteiger partial charge < -0.3 is 14.5 Å². The highest BCUT2D eigenvalue weighted by atomic mass is 16.6. The highest BCUT2D eigenvalue weighted by Crippen LogP contribution is 2.26. The first-order valence-electron chi connectivity index (χ1n) is 10.2. The molecular formula is C23H25N5O3. The van der Waals surface area contributed by atoms with Crippen molar-refractivity contribution in [2.75, 3.05) is 43.2 Å². The van der Waals surface area contributed by atoms with Gasteiger partial charge in [0.15, 0.2) is 5.82 Å². The molecular weight excluding hydrogens is 394 g/mol. The summed E-state index contributed by atoms with van der Waals surface area (Å²) in [7, 11) is 2.00. The first-order valence-corrected chi connectivity index (χ1v) is 10.2. The largest absolute Gasteiger partial charge is 0.378 e. The minimum atomic E-state index is -0.408. The highest BCUT2D eigenvalue weighted by Gasteiger charge is 2.17. The molecule has 0 atom stereocenters. The summed E-state index contributed by atoms with van der Waals surface area (Å²) in [6.07, 6.45) is 0. The fourth-order valence-electron chi connectivity index (χ4n) is 3.73. The number of morpholine rings is 1. The van der Waals surface area contributed by atoms with Crippen LogP contribution in [0.2, 0.25) is 0 Å². The molecule has 1 saturated heterocycles. The van der Waals surface area contributed by atoms with E-state index in [1.807, 2.05) is 26.1 Å². The predicted molar refractivity (Wildman–Crippen MR) is 120 cm³/mol. The number of anilines is 2. The van der Waals surface area contributed by atoms with Crippen molar-refractivity contribution in [1.82, 2.24) is 9.97 Å². The molecule has 0 saturated carbocycles. The summed E-state index contributed by atoms with van der Waals surface area (Å²) in [6, 6.07) is 16.7. The molecule has 0 radical (unpaired) electrons. The van der Waals surface area contributed by atoms with Crippen LogP contribution >= 0.6 is 0 Å². The van der Waals surface area contributed by atoms with Crippen LogP contribution in [0, 0.1) is 17.0 Å². The maximum absolute atomic E-state index is 11.1. The third-order valence-electron chi connectivity index (χ3n) is 5.30. The summed E-state index contributed by atoms with van der Waals surface area (Å²) in [4.78, 5) is 24.4. The number of nitro benzene ring substituents is 1. The molecule has 4 rings (SSSR count). The van der Waals surface area contributed by atoms with Crippen LogP contribution in [-0.2, 0) is 11.3 Å². The Morgan fingerprint density at radius 2 is 1.87 bits per heavy atom. The number of hydrogen-bond donors (Lipinski definition) is 0. The molecule has 1 aliphatic heterocycles. The molecule has 1 aromatic heterocycles. The zero-order valence-electron chi connectivity index (χ0n) is 17.7. The van der Waals surface area contributed by atoms with Gasteiger partial charge in [-0.15, -0.1) is 0 Å². The number of non-ortho nitro benzene ring substituents is 1. The molecule has 8 nitrogen and oxygen atoms in total. The summed E-state index contributed by atoms with van der Waals surface area (Å²) < 4.78 is 5.49. The first-order chi connectivity index (χ1) is 15.0. The fourth-order valence-corrected chi connectivity index (χ4v) is 3.73. The van der Waals surface area contributed by atoms with Crippen molar-refractivity contribution in [2.45, 2.75) is 13.5 Å². The van der Waals surface area contributed by atoms with E-state index < -0.39 is 4.92 Å². The number of aryl methyl sites for hydroxylation is 1. The topological polar surface area (TPSA) is 84.6 Å². The smallest absolute Gasteiger partial charge is 0.270 e. The normalized spacial score (nSPS) is 13.8. The summed E-state index contributed by atoms with van der Waals surface area (Å²) in [5.74, 6) is 1.25. The monoisotopic (exact) mass is 419 g/mol. The van der Waals surface area contributed by atoms with Crippen LogP contribution in [0.4, 0.5) is 17.2 Å². The van der Waals surface area contributed by atoms with Gasteiger partial charge in [0.1, 0.15) is 5.82 Å². The van der Waals surface area contributed by atoms with Gasteiger partial charge in [0.05, 0.1) is 18.1 Å². The molecule has 0 amide bonds. The Morgan fingerprint density at radius 3 is 2.65 bits per heavy atom. The third-order valence-corrected chi connectivity index (χ3v) is 5.30. The third kappa shape index (κ3) is 4.80. The quantitative estimate of drug-likeness (QED) is 0.443. The lowest BCUT2D eigenvalue weighted by Gasteiger charge is -2.31. The van der Waals surface area contributed by atoms with Gasteiger partial charge in [0.25, 0.3) is 5.69 Å². The minimum absolute atomic E-state index is 0.0250. The Kier molecular flexibility index (Phi) is 6.08. The lowest BCUT2D eigenvalue weighted by molar-refractivity contribution is -0.384. The molecule has 0 aliphatic carbocycles. The second kappa shape index (κ2) is 9.09. The van der Waals surface area contributed by atoms with Gasteiger partial charge in [-0.3, -0.25) is 10.1 Å². The highest BCUT2D eigenvalue weighted by molar-refractivity contribution is 5.62. The molecule has 0 spiro atoms. The fraction of sp³-hybridized carbons (Fsp3) is 0.304. The van der Waals surface area contributed by atoms with Crippen LogP contribution in [0.3, 0.4) is 0 Å². The molecule has 1 fully saturated rings. The molecule has 2 heterocycles. The Balaban J connectivity index is 1.61. The van der Waals surface area contributed by atoms with Crippen molar-refractivity contribution >= 4 is 17.2 Å². The van der Waals surface area contributed by atoms with E-state index in [-0.39, 0.29) is 5.69 Å². The van der Waals surface area contributed by atoms with Gasteiger partial charge >= 0.3 is 0 Å². The van der Waals surface area contributed by atoms with Gasteiger partial charge in [-0.2, -0.15) is 0 Å². The summed E-state index contributed by atoms with van der Waals surface area (Å²) >= 11 is 0. The van der Waals surface area contributed by atoms with E-state index in [2.05, 4.69) is 33.0 Å². The molecule has 2 aromatic carbocycles. The number of nitrogens with zero attached hydrogens (tertiary/aromatic N) is 5. The number of para-hydroxylation sites is 1. The molecule has 8 heteroatoms. The minimum Gasteiger partial charge on any atom is -0.378 e. The Bertz CT molecular complexity index is 1080. The standard InChI is InChI=1S/C23H25N5O3/c1-17-14-22(25-23(24-17)18-7-5-8-20(15-18)28(29)30)26(2)16-19-6-3-4-9-21(19)27-10-12-31-13-11-27/h3-9,14-15H,10-13,16H2,1-2H3. The Labute approximate surface area is 181 Å². The van der Waals surface area contributed by atoms with Crippen molar-refractivity contribution in [1.29, 1.82) is 0 Å². The maximum Gasteiger partial charge on any atom is 0.270 e. The van der Waals surface area contributed by atoms with E-state index in [1.165, 1.54) is 23.4 Å². The van der Waals surface area contributed by atoms with E-state index in [0.29, 0.717) is 17.9 Å². The molecule has 1 aliphatic rings. The van der Waals surface area contributed by atoms with Gasteiger partial charge in [-0.05, 0) is 18.6 Å². The SMILES string of the molecule is Cc1cc(N(C)Cc2ccccc2N2CCOCC2)nc(-c2cccc([N+](=O)[O-])c2)n1. The molecule has 0 N–H and O–H groups in total. The number of aromatic nitrogens is 2. The average molecular weight is 419 g/mol. The zero-order valence-corrected chi connectivity index (χ0v) is 17.7. The molecule has 31 heavy (non-hydrogen) atoms. The second-order valence-electron chi connectivity index (χ2n) is 7.58. The van der Waals surface area contributed by atoms with Crippen molar-refractivity contribution in [2.24, 2.45) is 0 Å². The van der Waals surface area contributed by atoms with Gasteiger partial charge in [-0.25, -0.2) is 9.97 Å². The Morgan fingerprint density at radius 1 is 1.10 bits per heavy atom. The summed E-state index contributed by atoms with van der Waals surface area (Å²) in [5, 5.41) is 11.1. The van der Waals surface area contributed by atoms with Crippen LogP contribution in [0.5, 0.6) is 0 Å². The predicted octanol–water partition coefficient (Wildman–Crippen LogP) is 3.83. The van der Waals surface area contributed by atoms with Crippen molar-refractivity contribution < 1.29 is 9.66 Å². The summed E-state index contributed by atoms with van der Waals surface area (Å²) in [6.45, 7) is 5.82. The summed E-state index contributed by atoms with van der Waals surface area (Å²) in [5.41, 5.74) is 3.88. The molecule has 0 unspecified atom stereocenters. The molecule has 3 aromatic rings. The van der Waals surface area contributed by atoms with E-state index in [1.54, 1.807) is 12.1 Å². The first kappa shape index (κ1) is 20.7. The van der Waals surface area contributed by atoms with Crippen LogP contribution < -0.4 is 9.80 Å². The number of nitro groups is 1. The second-order valence-corrected chi connectivity index (χ2v) is 7.58. The average Bonchev–Trinajstić information content (AvgIpc) is 2.79. The van der Waals surface area contributed by atoms with Crippen LogP contribution in [0.25, 0.3) is 11.4 Å².